The number of fused-ring (bicyclic) bond motifs is 12. The Bertz CT molecular complexity index is 4840. The average molecular weight is 982 g/mol. The van der Waals surface area contributed by atoms with E-state index in [4.69, 9.17) is 13.6 Å². The highest BCUT2D eigenvalue weighted by Gasteiger charge is 2.31. The first-order chi connectivity index (χ1) is 38.2. The predicted octanol–water partition coefficient (Wildman–Crippen LogP) is 18.0. The van der Waals surface area contributed by atoms with Crippen LogP contribution >= 0.6 is 0 Å². The van der Waals surface area contributed by atoms with Crippen LogP contribution in [-0.4, -0.2) is 6.71 Å². The van der Waals surface area contributed by atoms with Crippen molar-refractivity contribution in [2.75, 3.05) is 4.90 Å². The van der Waals surface area contributed by atoms with Crippen molar-refractivity contribution in [3.05, 3.63) is 267 Å². The van der Waals surface area contributed by atoms with E-state index in [1.54, 1.807) is 0 Å². The van der Waals surface area contributed by atoms with Gasteiger partial charge in [-0.3, -0.25) is 0 Å². The normalized spacial score (nSPS) is 12.0. The van der Waals surface area contributed by atoms with Crippen LogP contribution in [0.15, 0.2) is 276 Å². The summed E-state index contributed by atoms with van der Waals surface area (Å²) in [7, 11) is 0. The van der Waals surface area contributed by atoms with E-state index < -0.39 is 0 Å². The van der Waals surface area contributed by atoms with Gasteiger partial charge in [0.1, 0.15) is 28.2 Å². The molecule has 0 spiro atoms. The van der Waals surface area contributed by atoms with Gasteiger partial charge in [0.15, 0.2) is 5.58 Å². The summed E-state index contributed by atoms with van der Waals surface area (Å²) in [6.07, 6.45) is 0. The third kappa shape index (κ3) is 6.74. The topological polar surface area (TPSA) is 38.8 Å². The van der Waals surface area contributed by atoms with Gasteiger partial charge in [-0.15, -0.1) is 0 Å². The first-order valence-electron chi connectivity index (χ1n) is 26.3. The highest BCUT2D eigenvalue weighted by atomic mass is 16.5. The van der Waals surface area contributed by atoms with Crippen molar-refractivity contribution in [2.24, 2.45) is 0 Å². The van der Waals surface area contributed by atoms with Crippen molar-refractivity contribution in [3.8, 4) is 44.9 Å². The van der Waals surface area contributed by atoms with Gasteiger partial charge in [0.2, 0.25) is 6.71 Å². The molecule has 0 amide bonds. The van der Waals surface area contributed by atoms with E-state index in [-0.39, 0.29) is 6.71 Å². The highest BCUT2D eigenvalue weighted by Crippen LogP contribution is 2.52. The van der Waals surface area contributed by atoms with Crippen molar-refractivity contribution >= 4 is 116 Å². The fraction of sp³-hybridized carbons (Fsp3) is 0. The highest BCUT2D eigenvalue weighted by molar-refractivity contribution is 6.98. The average Bonchev–Trinajstić information content (AvgIpc) is 4.16. The number of para-hydroxylation sites is 5. The lowest BCUT2D eigenvalue weighted by molar-refractivity contribution is 0.487. The second kappa shape index (κ2) is 17.2. The maximum Gasteiger partial charge on any atom is 0.246 e. The van der Waals surface area contributed by atoms with Crippen molar-refractivity contribution in [2.45, 2.75) is 0 Å². The first kappa shape index (κ1) is 43.3. The molecule has 5 heteroatoms. The molecule has 3 heterocycles. The Kier molecular flexibility index (Phi) is 9.70. The van der Waals surface area contributed by atoms with Crippen LogP contribution in [-0.2, 0) is 0 Å². The zero-order valence-electron chi connectivity index (χ0n) is 41.7. The van der Waals surface area contributed by atoms with Crippen LogP contribution in [0.25, 0.3) is 110 Å². The summed E-state index contributed by atoms with van der Waals surface area (Å²) in [5.41, 5.74) is 16.6. The molecule has 0 N–H and O–H groups in total. The number of anilines is 3. The van der Waals surface area contributed by atoms with E-state index in [2.05, 4.69) is 266 Å². The number of furan rings is 2. The minimum Gasteiger partial charge on any atom is -0.456 e. The molecule has 16 rings (SSSR count). The standard InChI is InChI=1S/C72H44BNO3/c1-5-20-45(21-6-1)50-30-15-33-56-58-35-17-37-63(71(58)76-69(50)56)73(47-24-9-3-10-25-47)64-44-61-55-32-19-39-66-68(55)62(43-60(61)52-28-13-14-29-53(52)64)54-41-40-49(42-67(54)75-66)74(48-26-11-4-12-27-48)65-38-18-36-59-57-34-16-31-51(70(57)77-72(59)65)46-22-7-2-8-23-46/h1-44H. The van der Waals surface area contributed by atoms with Crippen LogP contribution in [0.5, 0.6) is 11.5 Å². The van der Waals surface area contributed by atoms with Gasteiger partial charge in [-0.2, -0.15) is 0 Å². The number of nitrogens with zero attached hydrogens (tertiary/aromatic N) is 1. The summed E-state index contributed by atoms with van der Waals surface area (Å²) < 4.78 is 21.3. The summed E-state index contributed by atoms with van der Waals surface area (Å²) >= 11 is 0. The molecule has 0 saturated carbocycles. The van der Waals surface area contributed by atoms with Gasteiger partial charge in [0, 0.05) is 55.4 Å². The van der Waals surface area contributed by atoms with E-state index in [1.165, 1.54) is 32.5 Å². The molecular formula is C72H44BNO3. The molecule has 1 aliphatic rings. The Labute approximate surface area is 444 Å². The molecule has 15 aromatic rings. The molecule has 4 nitrogen and oxygen atoms in total. The Morgan fingerprint density at radius 2 is 0.818 bits per heavy atom. The minimum absolute atomic E-state index is 0.153. The van der Waals surface area contributed by atoms with Gasteiger partial charge in [-0.05, 0) is 91.5 Å². The minimum atomic E-state index is -0.153. The number of hydrogen-bond acceptors (Lipinski definition) is 4. The lowest BCUT2D eigenvalue weighted by Gasteiger charge is -2.28. The molecule has 77 heavy (non-hydrogen) atoms. The molecule has 0 fully saturated rings. The van der Waals surface area contributed by atoms with Gasteiger partial charge in [-0.1, -0.05) is 229 Å². The predicted molar refractivity (Wildman–Crippen MR) is 322 cm³/mol. The van der Waals surface area contributed by atoms with Crippen molar-refractivity contribution < 1.29 is 13.6 Å². The van der Waals surface area contributed by atoms with E-state index >= 15 is 0 Å². The Morgan fingerprint density at radius 3 is 1.52 bits per heavy atom. The lowest BCUT2D eigenvalue weighted by atomic mass is 9.36. The first-order valence-corrected chi connectivity index (χ1v) is 26.3. The fourth-order valence-corrected chi connectivity index (χ4v) is 12.6. The second-order valence-corrected chi connectivity index (χ2v) is 20.2. The van der Waals surface area contributed by atoms with Gasteiger partial charge >= 0.3 is 0 Å². The van der Waals surface area contributed by atoms with E-state index in [0.717, 1.165) is 122 Å². The van der Waals surface area contributed by atoms with Gasteiger partial charge in [0.25, 0.3) is 0 Å². The summed E-state index contributed by atoms with van der Waals surface area (Å²) in [5, 5.41) is 11.4. The Morgan fingerprint density at radius 1 is 0.286 bits per heavy atom. The summed E-state index contributed by atoms with van der Waals surface area (Å²) in [6, 6.07) is 95.5. The monoisotopic (exact) mass is 981 g/mol. The third-order valence-corrected chi connectivity index (χ3v) is 16.0. The van der Waals surface area contributed by atoms with Gasteiger partial charge < -0.3 is 18.5 Å². The van der Waals surface area contributed by atoms with Gasteiger partial charge in [0.05, 0.1) is 11.4 Å². The third-order valence-electron chi connectivity index (χ3n) is 16.0. The zero-order valence-corrected chi connectivity index (χ0v) is 41.7. The quantitative estimate of drug-likeness (QED) is 0.112. The molecule has 0 unspecified atom stereocenters. The number of hydrogen-bond donors (Lipinski definition) is 0. The number of rotatable bonds is 8. The van der Waals surface area contributed by atoms with Crippen LogP contribution in [0.3, 0.4) is 0 Å². The van der Waals surface area contributed by atoms with Crippen molar-refractivity contribution in [1.29, 1.82) is 0 Å². The number of benzene rings is 13. The van der Waals surface area contributed by atoms with Crippen LogP contribution in [0.4, 0.5) is 17.1 Å². The second-order valence-electron chi connectivity index (χ2n) is 20.2. The molecule has 0 radical (unpaired) electrons. The Balaban J connectivity index is 0.878. The number of ether oxygens (including phenoxy) is 1. The van der Waals surface area contributed by atoms with Crippen LogP contribution in [0, 0.1) is 0 Å². The van der Waals surface area contributed by atoms with Crippen molar-refractivity contribution in [1.82, 2.24) is 0 Å². The van der Waals surface area contributed by atoms with E-state index in [1.807, 2.05) is 6.07 Å². The van der Waals surface area contributed by atoms with E-state index in [0.29, 0.717) is 0 Å². The smallest absolute Gasteiger partial charge is 0.246 e. The molecule has 13 aromatic carbocycles. The maximum absolute atomic E-state index is 7.15. The largest absolute Gasteiger partial charge is 0.456 e. The van der Waals surface area contributed by atoms with Crippen LogP contribution < -0.4 is 26.0 Å². The molecule has 1 aliphatic heterocycles. The molecular weight excluding hydrogens is 938 g/mol. The van der Waals surface area contributed by atoms with Gasteiger partial charge in [-0.25, -0.2) is 0 Å². The summed E-state index contributed by atoms with van der Waals surface area (Å²) in [6.45, 7) is -0.153. The maximum atomic E-state index is 7.15. The summed E-state index contributed by atoms with van der Waals surface area (Å²) in [4.78, 5) is 2.29. The SMILES string of the molecule is c1ccc(B(c2cc3c4cccc5c4c(cc3c3ccccc23)-c2ccc(N(c3ccccc3)c3cccc4c3oc3c(-c6ccccc6)cccc34)cc2O5)c2cccc3c2oc2c(-c4ccccc4)cccc23)cc1. The fourth-order valence-electron chi connectivity index (χ4n) is 12.6. The molecule has 0 atom stereocenters. The van der Waals surface area contributed by atoms with Crippen LogP contribution in [0.1, 0.15) is 0 Å². The molecule has 358 valence electrons. The van der Waals surface area contributed by atoms with E-state index in [9.17, 15) is 0 Å². The molecule has 2 aromatic heterocycles. The lowest BCUT2D eigenvalue weighted by Crippen LogP contribution is -2.52. The Hall–Kier alpha value is -10.1. The summed E-state index contributed by atoms with van der Waals surface area (Å²) in [5.74, 6) is 1.63. The van der Waals surface area contributed by atoms with Crippen LogP contribution in [0.2, 0.25) is 0 Å². The van der Waals surface area contributed by atoms with Crippen molar-refractivity contribution in [3.63, 3.8) is 0 Å². The molecule has 0 aliphatic carbocycles. The zero-order chi connectivity index (χ0) is 50.6. The molecule has 0 bridgehead atoms. The molecule has 0 saturated heterocycles.